The van der Waals surface area contributed by atoms with Crippen LogP contribution in [0.5, 0.6) is 0 Å². The van der Waals surface area contributed by atoms with Gasteiger partial charge in [-0.3, -0.25) is 0 Å². The minimum Gasteiger partial charge on any atom is -0.438 e. The molecule has 1 aromatic heterocycles. The summed E-state index contributed by atoms with van der Waals surface area (Å²) in [6.45, 7) is 14.6. The maximum atomic E-state index is 4.90. The molecule has 0 saturated heterocycles. The summed E-state index contributed by atoms with van der Waals surface area (Å²) in [5.74, 6) is 0.833. The molecule has 0 aromatic carbocycles. The van der Waals surface area contributed by atoms with Gasteiger partial charge in [0.15, 0.2) is 0 Å². The molecule has 16 heavy (non-hydrogen) atoms. The smallest absolute Gasteiger partial charge is 0.268 e. The lowest BCUT2D eigenvalue weighted by molar-refractivity contribution is 0.483. The zero-order chi connectivity index (χ0) is 12.4. The van der Waals surface area contributed by atoms with Crippen molar-refractivity contribution >= 4 is 20.6 Å². The number of rotatable bonds is 1. The molecule has 0 atom stereocenters. The molecule has 4 heteroatoms. The summed E-state index contributed by atoms with van der Waals surface area (Å²) >= 11 is 4.86. The monoisotopic (exact) mass is 242 g/mol. The molecule has 0 N–H and O–H groups in total. The van der Waals surface area contributed by atoms with E-state index in [0.717, 1.165) is 5.92 Å². The molecule has 0 amide bonds. The number of nitrogens with zero attached hydrogens (tertiary/aromatic N) is 1. The van der Waals surface area contributed by atoms with E-state index in [2.05, 4.69) is 34.6 Å². The maximum Gasteiger partial charge on any atom is 0.268 e. The Balaban J connectivity index is -0.000000209. The van der Waals surface area contributed by atoms with E-state index >= 15 is 0 Å². The van der Waals surface area contributed by atoms with Crippen LogP contribution in [0.25, 0.3) is 0 Å². The molecule has 2 nitrogen and oxygen atoms in total. The van der Waals surface area contributed by atoms with Crippen LogP contribution in [0.1, 0.15) is 54.5 Å². The lowest BCUT2D eigenvalue weighted by Crippen LogP contribution is -1.96. The molecule has 0 saturated carbocycles. The summed E-state index contributed by atoms with van der Waals surface area (Å²) in [5, 5.41) is 0. The summed E-state index contributed by atoms with van der Waals surface area (Å²) in [4.78, 5) is 0.546. The second-order valence-corrected chi connectivity index (χ2v) is 4.25. The van der Waals surface area contributed by atoms with Gasteiger partial charge in [0, 0.05) is 20.7 Å². The van der Waals surface area contributed by atoms with Crippen LogP contribution in [-0.2, 0) is 0 Å². The number of oxazole rings is 1. The zero-order valence-electron chi connectivity index (χ0n) is 11.7. The average Bonchev–Trinajstić information content (AvgIpc) is 2.54. The summed E-state index contributed by atoms with van der Waals surface area (Å²) < 4.78 is 6.80. The fourth-order valence-electron chi connectivity index (χ4n) is 0.659. The molecule has 0 fully saturated rings. The Kier molecular flexibility index (Phi) is 16.4. The third kappa shape index (κ3) is 11.6. The van der Waals surface area contributed by atoms with Crippen molar-refractivity contribution in [1.82, 2.24) is 4.57 Å². The average molecular weight is 242 g/mol. The minimum atomic E-state index is 0. The van der Waals surface area contributed by atoms with E-state index in [1.54, 1.807) is 6.26 Å². The van der Waals surface area contributed by atoms with Crippen LogP contribution in [-0.4, -0.2) is 13.0 Å². The van der Waals surface area contributed by atoms with E-state index < -0.39 is 0 Å². The summed E-state index contributed by atoms with van der Waals surface area (Å²) in [6, 6.07) is 0.399. The van der Waals surface area contributed by atoms with Gasteiger partial charge in [0.25, 0.3) is 4.84 Å². The van der Waals surface area contributed by atoms with Crippen LogP contribution in [0.2, 0.25) is 0 Å². The first kappa shape index (κ1) is 20.9. The second kappa shape index (κ2) is 12.6. The van der Waals surface area contributed by atoms with Crippen LogP contribution in [0.3, 0.4) is 0 Å². The number of hydrogen-bond donors (Lipinski definition) is 0. The fraction of sp³-hybridized carbons (Fsp3) is 0.750. The lowest BCUT2D eigenvalue weighted by Gasteiger charge is -2.02. The van der Waals surface area contributed by atoms with E-state index in [1.807, 2.05) is 24.6 Å². The van der Waals surface area contributed by atoms with Gasteiger partial charge < -0.3 is 8.98 Å². The van der Waals surface area contributed by atoms with Crippen molar-refractivity contribution in [2.24, 2.45) is 5.92 Å². The van der Waals surface area contributed by atoms with Gasteiger partial charge in [0.2, 0.25) is 0 Å². The van der Waals surface area contributed by atoms with E-state index in [4.69, 9.17) is 16.6 Å². The third-order valence-electron chi connectivity index (χ3n) is 1.16. The van der Waals surface area contributed by atoms with E-state index in [0.29, 0.717) is 10.9 Å². The van der Waals surface area contributed by atoms with Crippen molar-refractivity contribution < 1.29 is 4.42 Å². The number of aromatic nitrogens is 1. The third-order valence-corrected chi connectivity index (χ3v) is 1.46. The molecule has 0 aliphatic carbocycles. The van der Waals surface area contributed by atoms with Crippen molar-refractivity contribution in [2.75, 3.05) is 0 Å². The van der Waals surface area contributed by atoms with Crippen LogP contribution < -0.4 is 0 Å². The van der Waals surface area contributed by atoms with Gasteiger partial charge in [-0.25, -0.2) is 0 Å². The predicted octanol–water partition coefficient (Wildman–Crippen LogP) is 4.70. The van der Waals surface area contributed by atoms with Gasteiger partial charge in [0.05, 0.1) is 0 Å². The maximum absolute atomic E-state index is 4.90. The molecule has 1 heterocycles. The van der Waals surface area contributed by atoms with Crippen LogP contribution >= 0.6 is 12.2 Å². The molecule has 93 valence electrons. The first-order chi connectivity index (χ1) is 6.95. The fourth-order valence-corrected chi connectivity index (χ4v) is 0.986. The van der Waals surface area contributed by atoms with E-state index in [1.165, 1.54) is 0 Å². The van der Waals surface area contributed by atoms with Crippen molar-refractivity contribution in [2.45, 2.75) is 54.5 Å². The molecule has 0 unspecified atom stereocenters. The van der Waals surface area contributed by atoms with E-state index in [9.17, 15) is 0 Å². The van der Waals surface area contributed by atoms with Crippen molar-refractivity contribution in [1.29, 1.82) is 0 Å². The van der Waals surface area contributed by atoms with E-state index in [-0.39, 0.29) is 8.41 Å². The SMILES string of the molecule is CC.CC(C)C.CC(C)n1ccoc1=S.[B]. The molecule has 0 aliphatic heterocycles. The molecular weight excluding hydrogens is 217 g/mol. The standard InChI is InChI=1S/C6H9NOS.C4H10.C2H6.B/c1-5(2)7-3-4-8-6(7)9;1-4(2)3;1-2;/h3-5H,1-2H3;4H,1-3H3;1-2H3;. The van der Waals surface area contributed by atoms with Gasteiger partial charge >= 0.3 is 0 Å². The number of hydrogen-bond acceptors (Lipinski definition) is 2. The van der Waals surface area contributed by atoms with Gasteiger partial charge in [-0.15, -0.1) is 0 Å². The quantitative estimate of drug-likeness (QED) is 0.524. The molecule has 3 radical (unpaired) electrons. The Morgan fingerprint density at radius 3 is 1.62 bits per heavy atom. The van der Waals surface area contributed by atoms with Gasteiger partial charge in [-0.05, 0) is 32.0 Å². The Labute approximate surface area is 108 Å². The lowest BCUT2D eigenvalue weighted by atomic mass is 10.3. The highest BCUT2D eigenvalue weighted by Gasteiger charge is 1.96. The summed E-state index contributed by atoms with van der Waals surface area (Å²) in [5.41, 5.74) is 0. The molecule has 1 rings (SSSR count). The van der Waals surface area contributed by atoms with Crippen LogP contribution in [0.4, 0.5) is 0 Å². The topological polar surface area (TPSA) is 18.1 Å². The van der Waals surface area contributed by atoms with Gasteiger partial charge in [-0.2, -0.15) is 0 Å². The molecule has 0 bridgehead atoms. The molecule has 0 aliphatic rings. The molecule has 1 aromatic rings. The zero-order valence-corrected chi connectivity index (χ0v) is 12.5. The van der Waals surface area contributed by atoms with Crippen LogP contribution in [0.15, 0.2) is 16.9 Å². The van der Waals surface area contributed by atoms with Crippen molar-refractivity contribution in [3.63, 3.8) is 0 Å². The predicted molar refractivity (Wildman–Crippen MR) is 75.5 cm³/mol. The Bertz CT molecular complexity index is 276. The minimum absolute atomic E-state index is 0. The second-order valence-electron chi connectivity index (χ2n) is 3.90. The Morgan fingerprint density at radius 2 is 1.50 bits per heavy atom. The highest BCUT2D eigenvalue weighted by atomic mass is 32.1. The Hall–Kier alpha value is -0.505. The highest BCUT2D eigenvalue weighted by molar-refractivity contribution is 7.71. The van der Waals surface area contributed by atoms with Crippen molar-refractivity contribution in [3.05, 3.63) is 17.3 Å². The van der Waals surface area contributed by atoms with Crippen molar-refractivity contribution in [3.8, 4) is 0 Å². The van der Waals surface area contributed by atoms with Gasteiger partial charge in [0.1, 0.15) is 6.26 Å². The largest absolute Gasteiger partial charge is 0.438 e. The van der Waals surface area contributed by atoms with Gasteiger partial charge in [-0.1, -0.05) is 34.6 Å². The molecular formula is C12H25BNOS. The normalized spacial score (nSPS) is 8.56. The molecule has 0 spiro atoms. The summed E-state index contributed by atoms with van der Waals surface area (Å²) in [6.07, 6.45) is 3.44. The highest BCUT2D eigenvalue weighted by Crippen LogP contribution is 2.05. The first-order valence-electron chi connectivity index (χ1n) is 5.60. The van der Waals surface area contributed by atoms with Crippen LogP contribution in [0, 0.1) is 10.8 Å². The first-order valence-corrected chi connectivity index (χ1v) is 6.01. The Morgan fingerprint density at radius 1 is 1.12 bits per heavy atom. The summed E-state index contributed by atoms with van der Waals surface area (Å²) in [7, 11) is 0.